The highest BCUT2D eigenvalue weighted by Gasteiger charge is 2.18. The van der Waals surface area contributed by atoms with Crippen molar-refractivity contribution in [2.45, 2.75) is 19.8 Å². The number of hydrogen-bond acceptors (Lipinski definition) is 3. The largest absolute Gasteiger partial charge is 0.373 e. The molecule has 1 atom stereocenters. The van der Waals surface area contributed by atoms with E-state index in [9.17, 15) is 4.79 Å². The molecule has 0 aliphatic heterocycles. The highest BCUT2D eigenvalue weighted by molar-refractivity contribution is 6.29. The van der Waals surface area contributed by atoms with Crippen LogP contribution in [0.3, 0.4) is 0 Å². The Kier molecular flexibility index (Phi) is 6.28. The quantitative estimate of drug-likeness (QED) is 0.550. The van der Waals surface area contributed by atoms with Crippen LogP contribution in [0.1, 0.15) is 19.8 Å². The number of halogens is 1. The van der Waals surface area contributed by atoms with Gasteiger partial charge in [-0.25, -0.2) is 0 Å². The van der Waals surface area contributed by atoms with Crippen molar-refractivity contribution in [3.8, 4) is 0 Å². The SMILES string of the molecule is C=C(Cl)CC(C/C=C\C)C(=O)ON. The summed E-state index contributed by atoms with van der Waals surface area (Å²) >= 11 is 5.59. The van der Waals surface area contributed by atoms with Gasteiger partial charge < -0.3 is 4.84 Å². The Morgan fingerprint density at radius 3 is 2.77 bits per heavy atom. The van der Waals surface area contributed by atoms with Crippen LogP contribution in [0.15, 0.2) is 23.8 Å². The number of nitrogens with two attached hydrogens (primary N) is 1. The van der Waals surface area contributed by atoms with Crippen molar-refractivity contribution >= 4 is 17.6 Å². The highest BCUT2D eigenvalue weighted by atomic mass is 35.5. The second-order valence-electron chi connectivity index (χ2n) is 2.66. The predicted molar refractivity (Wildman–Crippen MR) is 52.8 cm³/mol. The maximum atomic E-state index is 11.1. The maximum Gasteiger partial charge on any atom is 0.328 e. The van der Waals surface area contributed by atoms with Gasteiger partial charge in [0.25, 0.3) is 0 Å². The molecule has 13 heavy (non-hydrogen) atoms. The monoisotopic (exact) mass is 203 g/mol. The second-order valence-corrected chi connectivity index (χ2v) is 3.19. The molecule has 74 valence electrons. The molecule has 0 amide bonds. The summed E-state index contributed by atoms with van der Waals surface area (Å²) in [6.07, 6.45) is 4.68. The van der Waals surface area contributed by atoms with Crippen LogP contribution in [0, 0.1) is 5.92 Å². The summed E-state index contributed by atoms with van der Waals surface area (Å²) in [5.41, 5.74) is 0. The molecule has 2 N–H and O–H groups in total. The zero-order valence-corrected chi connectivity index (χ0v) is 8.38. The molecular weight excluding hydrogens is 190 g/mol. The minimum Gasteiger partial charge on any atom is -0.373 e. The predicted octanol–water partition coefficient (Wildman–Crippen LogP) is 2.13. The summed E-state index contributed by atoms with van der Waals surface area (Å²) in [5.74, 6) is 3.99. The van der Waals surface area contributed by atoms with E-state index in [1.807, 2.05) is 19.1 Å². The molecule has 0 saturated carbocycles. The minimum atomic E-state index is -0.458. The number of carbonyl (C=O) groups is 1. The summed E-state index contributed by atoms with van der Waals surface area (Å²) in [6, 6.07) is 0. The molecule has 0 fully saturated rings. The Labute approximate surface area is 83.2 Å². The van der Waals surface area contributed by atoms with Crippen LogP contribution in [0.25, 0.3) is 0 Å². The number of rotatable bonds is 5. The molecule has 0 aromatic heterocycles. The number of allylic oxidation sites excluding steroid dienone is 3. The average molecular weight is 204 g/mol. The Hall–Kier alpha value is -0.800. The van der Waals surface area contributed by atoms with Gasteiger partial charge in [0, 0.05) is 5.03 Å². The van der Waals surface area contributed by atoms with Crippen molar-refractivity contribution in [3.05, 3.63) is 23.8 Å². The van der Waals surface area contributed by atoms with Gasteiger partial charge in [0.05, 0.1) is 5.92 Å². The smallest absolute Gasteiger partial charge is 0.328 e. The molecule has 0 bridgehead atoms. The number of carbonyl (C=O) groups excluding carboxylic acids is 1. The lowest BCUT2D eigenvalue weighted by Gasteiger charge is -2.10. The van der Waals surface area contributed by atoms with Gasteiger partial charge in [0.2, 0.25) is 0 Å². The van der Waals surface area contributed by atoms with Crippen LogP contribution in [0.4, 0.5) is 0 Å². The van der Waals surface area contributed by atoms with E-state index in [0.717, 1.165) is 0 Å². The van der Waals surface area contributed by atoms with E-state index < -0.39 is 5.97 Å². The summed E-state index contributed by atoms with van der Waals surface area (Å²) in [5, 5.41) is 0.430. The Bertz CT molecular complexity index is 214. The second kappa shape index (κ2) is 6.69. The van der Waals surface area contributed by atoms with E-state index >= 15 is 0 Å². The Morgan fingerprint density at radius 2 is 2.38 bits per heavy atom. The Morgan fingerprint density at radius 1 is 1.77 bits per heavy atom. The van der Waals surface area contributed by atoms with Gasteiger partial charge in [0.1, 0.15) is 0 Å². The van der Waals surface area contributed by atoms with Crippen LogP contribution in [0.5, 0.6) is 0 Å². The molecule has 0 rings (SSSR count). The average Bonchev–Trinajstić information content (AvgIpc) is 2.10. The lowest BCUT2D eigenvalue weighted by molar-refractivity contribution is -0.148. The molecule has 3 nitrogen and oxygen atoms in total. The van der Waals surface area contributed by atoms with E-state index in [0.29, 0.717) is 17.9 Å². The first-order chi connectivity index (χ1) is 6.11. The van der Waals surface area contributed by atoms with Gasteiger partial charge in [-0.3, -0.25) is 4.79 Å². The van der Waals surface area contributed by atoms with Crippen molar-refractivity contribution < 1.29 is 9.63 Å². The van der Waals surface area contributed by atoms with Gasteiger partial charge in [0.15, 0.2) is 0 Å². The molecule has 0 radical (unpaired) electrons. The minimum absolute atomic E-state index is 0.328. The summed E-state index contributed by atoms with van der Waals surface area (Å²) in [6.45, 7) is 5.39. The van der Waals surface area contributed by atoms with E-state index in [2.05, 4.69) is 11.4 Å². The third kappa shape index (κ3) is 5.44. The lowest BCUT2D eigenvalue weighted by Crippen LogP contribution is -2.20. The molecule has 4 heteroatoms. The highest BCUT2D eigenvalue weighted by Crippen LogP contribution is 2.18. The first kappa shape index (κ1) is 12.2. The fourth-order valence-corrected chi connectivity index (χ4v) is 1.11. The van der Waals surface area contributed by atoms with Gasteiger partial charge in [-0.2, -0.15) is 5.90 Å². The number of hydrogen-bond donors (Lipinski definition) is 1. The van der Waals surface area contributed by atoms with Crippen LogP contribution in [-0.4, -0.2) is 5.97 Å². The topological polar surface area (TPSA) is 52.3 Å². The van der Waals surface area contributed by atoms with Crippen molar-refractivity contribution in [1.82, 2.24) is 0 Å². The van der Waals surface area contributed by atoms with Gasteiger partial charge in [-0.15, -0.1) is 0 Å². The molecule has 1 unspecified atom stereocenters. The van der Waals surface area contributed by atoms with Crippen molar-refractivity contribution in [2.75, 3.05) is 0 Å². The zero-order valence-electron chi connectivity index (χ0n) is 7.63. The van der Waals surface area contributed by atoms with Crippen molar-refractivity contribution in [2.24, 2.45) is 11.8 Å². The van der Waals surface area contributed by atoms with E-state index in [4.69, 9.17) is 17.5 Å². The molecule has 0 aliphatic carbocycles. The maximum absolute atomic E-state index is 11.1. The van der Waals surface area contributed by atoms with Gasteiger partial charge >= 0.3 is 5.97 Å². The van der Waals surface area contributed by atoms with Crippen LogP contribution >= 0.6 is 11.6 Å². The van der Waals surface area contributed by atoms with Crippen molar-refractivity contribution in [3.63, 3.8) is 0 Å². The van der Waals surface area contributed by atoms with Gasteiger partial charge in [-0.1, -0.05) is 30.3 Å². The van der Waals surface area contributed by atoms with Crippen LogP contribution in [-0.2, 0) is 9.63 Å². The normalized spacial score (nSPS) is 12.8. The third-order valence-electron chi connectivity index (χ3n) is 1.57. The summed E-state index contributed by atoms with van der Waals surface area (Å²) < 4.78 is 0. The molecule has 0 aromatic rings. The summed E-state index contributed by atoms with van der Waals surface area (Å²) in [4.78, 5) is 15.2. The fraction of sp³-hybridized carbons (Fsp3) is 0.444. The lowest BCUT2D eigenvalue weighted by atomic mass is 10.0. The van der Waals surface area contributed by atoms with Crippen LogP contribution < -0.4 is 5.90 Å². The molecular formula is C9H14ClNO2. The third-order valence-corrected chi connectivity index (χ3v) is 1.73. The molecule has 0 spiro atoms. The van der Waals surface area contributed by atoms with Gasteiger partial charge in [-0.05, 0) is 19.8 Å². The van der Waals surface area contributed by atoms with Crippen LogP contribution in [0.2, 0.25) is 0 Å². The van der Waals surface area contributed by atoms with E-state index in [1.54, 1.807) is 0 Å². The molecule has 0 aromatic carbocycles. The van der Waals surface area contributed by atoms with E-state index in [-0.39, 0.29) is 5.92 Å². The first-order valence-corrected chi connectivity index (χ1v) is 4.34. The van der Waals surface area contributed by atoms with E-state index in [1.165, 1.54) is 0 Å². The fourth-order valence-electron chi connectivity index (χ4n) is 0.927. The molecule has 0 saturated heterocycles. The zero-order chi connectivity index (χ0) is 10.3. The standard InChI is InChI=1S/C9H14ClNO2/c1-3-4-5-8(6-7(2)10)9(12)13-11/h3-4,8H,2,5-6,11H2,1H3/b4-3-. The summed E-state index contributed by atoms with van der Waals surface area (Å²) in [7, 11) is 0. The Balaban J connectivity index is 4.18. The molecule has 0 heterocycles. The van der Waals surface area contributed by atoms with Crippen molar-refractivity contribution in [1.29, 1.82) is 0 Å². The molecule has 0 aliphatic rings. The first-order valence-electron chi connectivity index (χ1n) is 3.96.